The lowest BCUT2D eigenvalue weighted by atomic mass is 9.48. The van der Waals surface area contributed by atoms with Gasteiger partial charge in [-0.05, 0) is 29.9 Å². The van der Waals surface area contributed by atoms with E-state index in [2.05, 4.69) is 22.6 Å². The SMILES string of the molecule is CC1(C)C[C@]2(CO)CN(S(=O)(=O)c3cccc4nsnc34)C[C@H]12. The summed E-state index contributed by atoms with van der Waals surface area (Å²) in [6.07, 6.45) is 0.857. The van der Waals surface area contributed by atoms with Crippen LogP contribution in [0.1, 0.15) is 20.3 Å². The molecule has 1 aliphatic carbocycles. The molecule has 6 nitrogen and oxygen atoms in total. The molecule has 2 fully saturated rings. The number of aromatic nitrogens is 2. The van der Waals surface area contributed by atoms with Gasteiger partial charge in [-0.1, -0.05) is 19.9 Å². The Morgan fingerprint density at radius 2 is 2.17 bits per heavy atom. The molecule has 0 bridgehead atoms. The van der Waals surface area contributed by atoms with E-state index in [1.807, 2.05) is 0 Å². The van der Waals surface area contributed by atoms with Gasteiger partial charge in [0.2, 0.25) is 10.0 Å². The van der Waals surface area contributed by atoms with Crippen LogP contribution in [-0.4, -0.2) is 46.3 Å². The Morgan fingerprint density at radius 1 is 1.39 bits per heavy atom. The summed E-state index contributed by atoms with van der Waals surface area (Å²) in [7, 11) is -3.63. The van der Waals surface area contributed by atoms with Crippen molar-refractivity contribution < 1.29 is 13.5 Å². The topological polar surface area (TPSA) is 83.4 Å². The predicted octanol–water partition coefficient (Wildman–Crippen LogP) is 1.72. The van der Waals surface area contributed by atoms with Gasteiger partial charge in [0.15, 0.2) is 0 Å². The quantitative estimate of drug-likeness (QED) is 0.908. The third-order valence-electron chi connectivity index (χ3n) is 5.55. The monoisotopic (exact) mass is 353 g/mol. The first-order valence-electron chi connectivity index (χ1n) is 7.62. The zero-order valence-electron chi connectivity index (χ0n) is 13.1. The number of rotatable bonds is 3. The van der Waals surface area contributed by atoms with E-state index in [0.717, 1.165) is 18.1 Å². The second kappa shape index (κ2) is 4.72. The Morgan fingerprint density at radius 3 is 2.83 bits per heavy atom. The highest BCUT2D eigenvalue weighted by Gasteiger charge is 2.64. The number of aliphatic hydroxyl groups is 1. The number of fused-ring (bicyclic) bond motifs is 2. The first kappa shape index (κ1) is 15.4. The molecular formula is C15H19N3O3S2. The lowest BCUT2D eigenvalue weighted by Crippen LogP contribution is -2.54. The molecule has 1 aromatic carbocycles. The fraction of sp³-hybridized carbons (Fsp3) is 0.600. The first-order chi connectivity index (χ1) is 10.8. The van der Waals surface area contributed by atoms with E-state index in [-0.39, 0.29) is 28.3 Å². The molecule has 4 rings (SSSR count). The maximum Gasteiger partial charge on any atom is 0.245 e. The van der Waals surface area contributed by atoms with Gasteiger partial charge in [-0.25, -0.2) is 8.42 Å². The van der Waals surface area contributed by atoms with Crippen LogP contribution in [0.5, 0.6) is 0 Å². The number of nitrogens with zero attached hydrogens (tertiary/aromatic N) is 3. The van der Waals surface area contributed by atoms with Crippen LogP contribution in [0.25, 0.3) is 11.0 Å². The minimum atomic E-state index is -3.63. The number of benzene rings is 1. The second-order valence-electron chi connectivity index (χ2n) is 7.42. The molecule has 1 saturated carbocycles. The van der Waals surface area contributed by atoms with Gasteiger partial charge < -0.3 is 5.11 Å². The summed E-state index contributed by atoms with van der Waals surface area (Å²) >= 11 is 1.02. The average Bonchev–Trinajstić information content (AvgIpc) is 3.09. The van der Waals surface area contributed by atoms with Crippen LogP contribution in [0.2, 0.25) is 0 Å². The normalized spacial score (nSPS) is 30.3. The number of hydrogen-bond acceptors (Lipinski definition) is 6. The minimum Gasteiger partial charge on any atom is -0.396 e. The van der Waals surface area contributed by atoms with E-state index in [9.17, 15) is 13.5 Å². The summed E-state index contributed by atoms with van der Waals surface area (Å²) in [4.78, 5) is 0.218. The maximum absolute atomic E-state index is 13.1. The van der Waals surface area contributed by atoms with Crippen molar-refractivity contribution in [2.24, 2.45) is 16.7 Å². The summed E-state index contributed by atoms with van der Waals surface area (Å²) in [5.41, 5.74) is 0.830. The number of aliphatic hydroxyl groups excluding tert-OH is 1. The summed E-state index contributed by atoms with van der Waals surface area (Å²) < 4.78 is 36.0. The highest BCUT2D eigenvalue weighted by molar-refractivity contribution is 7.89. The predicted molar refractivity (Wildman–Crippen MR) is 87.6 cm³/mol. The fourth-order valence-corrected chi connectivity index (χ4v) is 6.91. The molecule has 0 spiro atoms. The molecule has 1 saturated heterocycles. The molecule has 2 heterocycles. The van der Waals surface area contributed by atoms with Crippen molar-refractivity contribution in [3.05, 3.63) is 18.2 Å². The molecule has 1 N–H and O–H groups in total. The first-order valence-corrected chi connectivity index (χ1v) is 9.80. The molecular weight excluding hydrogens is 334 g/mol. The largest absolute Gasteiger partial charge is 0.396 e. The van der Waals surface area contributed by atoms with E-state index < -0.39 is 10.0 Å². The van der Waals surface area contributed by atoms with Gasteiger partial charge >= 0.3 is 0 Å². The molecule has 23 heavy (non-hydrogen) atoms. The average molecular weight is 353 g/mol. The highest BCUT2D eigenvalue weighted by atomic mass is 32.2. The van der Waals surface area contributed by atoms with Crippen molar-refractivity contribution in [2.75, 3.05) is 19.7 Å². The van der Waals surface area contributed by atoms with Crippen molar-refractivity contribution in [3.8, 4) is 0 Å². The van der Waals surface area contributed by atoms with Crippen LogP contribution in [-0.2, 0) is 10.0 Å². The van der Waals surface area contributed by atoms with Gasteiger partial charge in [-0.2, -0.15) is 13.1 Å². The van der Waals surface area contributed by atoms with Crippen molar-refractivity contribution in [1.82, 2.24) is 13.1 Å². The minimum absolute atomic E-state index is 0.0373. The summed E-state index contributed by atoms with van der Waals surface area (Å²) in [6, 6.07) is 5.06. The molecule has 2 aromatic rings. The van der Waals surface area contributed by atoms with E-state index in [4.69, 9.17) is 0 Å². The maximum atomic E-state index is 13.1. The third-order valence-corrected chi connectivity index (χ3v) is 7.94. The fourth-order valence-electron chi connectivity index (χ4n) is 4.61. The van der Waals surface area contributed by atoms with Crippen molar-refractivity contribution in [1.29, 1.82) is 0 Å². The molecule has 8 heteroatoms. The van der Waals surface area contributed by atoms with Crippen LogP contribution in [0.4, 0.5) is 0 Å². The standard InChI is InChI=1S/C15H19N3O3S2/c1-14(2)7-15(9-19)8-18(6-12(14)15)23(20,21)11-5-3-4-10-13(11)17-22-16-10/h3-5,12,19H,6-9H2,1-2H3/t12-,15-/m1/s1. The van der Waals surface area contributed by atoms with Crippen molar-refractivity contribution in [2.45, 2.75) is 25.2 Å². The van der Waals surface area contributed by atoms with Gasteiger partial charge in [0.25, 0.3) is 0 Å². The smallest absolute Gasteiger partial charge is 0.245 e. The Hall–Kier alpha value is -1.09. The van der Waals surface area contributed by atoms with E-state index in [0.29, 0.717) is 24.1 Å². The lowest BCUT2D eigenvalue weighted by Gasteiger charge is -2.56. The van der Waals surface area contributed by atoms with Gasteiger partial charge in [-0.15, -0.1) is 0 Å². The van der Waals surface area contributed by atoms with Gasteiger partial charge in [0.1, 0.15) is 15.9 Å². The van der Waals surface area contributed by atoms with Crippen molar-refractivity contribution >= 4 is 32.8 Å². The molecule has 0 radical (unpaired) electrons. The zero-order chi connectivity index (χ0) is 16.5. The Balaban J connectivity index is 1.75. The molecule has 0 amide bonds. The molecule has 124 valence electrons. The van der Waals surface area contributed by atoms with Gasteiger partial charge in [0.05, 0.1) is 18.3 Å². The summed E-state index contributed by atoms with van der Waals surface area (Å²) in [5.74, 6) is 0.197. The lowest BCUT2D eigenvalue weighted by molar-refractivity contribution is -0.0976. The van der Waals surface area contributed by atoms with Gasteiger partial charge in [-0.3, -0.25) is 0 Å². The zero-order valence-corrected chi connectivity index (χ0v) is 14.7. The third kappa shape index (κ3) is 2.02. The van der Waals surface area contributed by atoms with E-state index in [1.54, 1.807) is 18.2 Å². The molecule has 0 unspecified atom stereocenters. The Kier molecular flexibility index (Phi) is 3.17. The van der Waals surface area contributed by atoms with Crippen LogP contribution < -0.4 is 0 Å². The summed E-state index contributed by atoms with van der Waals surface area (Å²) in [5, 5.41) is 9.83. The van der Waals surface area contributed by atoms with Crippen LogP contribution in [0, 0.1) is 16.7 Å². The number of hydrogen-bond donors (Lipinski definition) is 1. The molecule has 1 aliphatic heterocycles. The summed E-state index contributed by atoms with van der Waals surface area (Å²) in [6.45, 7) is 5.17. The van der Waals surface area contributed by atoms with Gasteiger partial charge in [0, 0.05) is 18.5 Å². The highest BCUT2D eigenvalue weighted by Crippen LogP contribution is 2.63. The molecule has 1 aromatic heterocycles. The van der Waals surface area contributed by atoms with Crippen LogP contribution in [0.15, 0.2) is 23.1 Å². The number of sulfonamides is 1. The molecule has 2 aliphatic rings. The van der Waals surface area contributed by atoms with E-state index in [1.165, 1.54) is 4.31 Å². The Bertz CT molecular complexity index is 877. The van der Waals surface area contributed by atoms with Crippen LogP contribution in [0.3, 0.4) is 0 Å². The van der Waals surface area contributed by atoms with Crippen molar-refractivity contribution in [3.63, 3.8) is 0 Å². The Labute approximate surface area is 139 Å². The second-order valence-corrected chi connectivity index (χ2v) is 9.86. The van der Waals surface area contributed by atoms with E-state index >= 15 is 0 Å². The van der Waals surface area contributed by atoms with Crippen LogP contribution >= 0.6 is 11.7 Å². The molecule has 2 atom stereocenters.